The summed E-state index contributed by atoms with van der Waals surface area (Å²) in [5.74, 6) is 0. The lowest BCUT2D eigenvalue weighted by molar-refractivity contribution is 0.285. The monoisotopic (exact) mass is 188 g/mol. The van der Waals surface area contributed by atoms with E-state index in [1.54, 1.807) is 0 Å². The van der Waals surface area contributed by atoms with Gasteiger partial charge in [-0.1, -0.05) is 36.9 Å². The number of allylic oxidation sites excluding steroid dienone is 1. The van der Waals surface area contributed by atoms with Crippen molar-refractivity contribution in [3.05, 3.63) is 48.2 Å². The molecule has 1 aromatic rings. The van der Waals surface area contributed by atoms with Crippen LogP contribution in [0.1, 0.15) is 24.8 Å². The summed E-state index contributed by atoms with van der Waals surface area (Å²) >= 11 is 0. The SMILES string of the molecule is C=C=C(CCCCO)c1ccccc1. The lowest BCUT2D eigenvalue weighted by atomic mass is 10.0. The van der Waals surface area contributed by atoms with Crippen LogP contribution < -0.4 is 0 Å². The Labute approximate surface area is 85.4 Å². The Morgan fingerprint density at radius 2 is 1.93 bits per heavy atom. The molecule has 0 bridgehead atoms. The lowest BCUT2D eigenvalue weighted by Gasteiger charge is -2.03. The normalized spacial score (nSPS) is 9.50. The fourth-order valence-corrected chi connectivity index (χ4v) is 1.39. The van der Waals surface area contributed by atoms with Gasteiger partial charge in [0.25, 0.3) is 0 Å². The lowest BCUT2D eigenvalue weighted by Crippen LogP contribution is -1.86. The maximum absolute atomic E-state index is 8.68. The van der Waals surface area contributed by atoms with Crippen LogP contribution in [0.3, 0.4) is 0 Å². The Hall–Kier alpha value is -1.30. The van der Waals surface area contributed by atoms with Crippen LogP contribution in [0.4, 0.5) is 0 Å². The van der Waals surface area contributed by atoms with Crippen molar-refractivity contribution < 1.29 is 5.11 Å². The van der Waals surface area contributed by atoms with E-state index in [2.05, 4.69) is 24.4 Å². The number of rotatable bonds is 5. The number of hydrogen-bond donors (Lipinski definition) is 1. The van der Waals surface area contributed by atoms with Gasteiger partial charge in [-0.05, 0) is 24.8 Å². The van der Waals surface area contributed by atoms with Crippen molar-refractivity contribution in [1.29, 1.82) is 0 Å². The fourth-order valence-electron chi connectivity index (χ4n) is 1.39. The molecule has 0 amide bonds. The van der Waals surface area contributed by atoms with E-state index in [0.717, 1.165) is 24.8 Å². The van der Waals surface area contributed by atoms with Gasteiger partial charge in [-0.3, -0.25) is 0 Å². The van der Waals surface area contributed by atoms with Crippen LogP contribution in [0.25, 0.3) is 5.57 Å². The molecule has 0 unspecified atom stereocenters. The van der Waals surface area contributed by atoms with Gasteiger partial charge in [-0.15, -0.1) is 5.73 Å². The summed E-state index contributed by atoms with van der Waals surface area (Å²) in [6.45, 7) is 3.95. The van der Waals surface area contributed by atoms with Crippen molar-refractivity contribution >= 4 is 5.57 Å². The highest BCUT2D eigenvalue weighted by molar-refractivity contribution is 5.64. The number of aliphatic hydroxyl groups is 1. The van der Waals surface area contributed by atoms with E-state index in [0.29, 0.717) is 0 Å². The van der Waals surface area contributed by atoms with Gasteiger partial charge in [0.15, 0.2) is 0 Å². The quantitative estimate of drug-likeness (QED) is 0.556. The highest BCUT2D eigenvalue weighted by Crippen LogP contribution is 2.18. The van der Waals surface area contributed by atoms with Crippen molar-refractivity contribution in [3.8, 4) is 0 Å². The molecule has 1 rings (SSSR count). The minimum atomic E-state index is 0.263. The number of unbranched alkanes of at least 4 members (excludes halogenated alkanes) is 1. The Balaban J connectivity index is 2.61. The van der Waals surface area contributed by atoms with Gasteiger partial charge < -0.3 is 5.11 Å². The summed E-state index contributed by atoms with van der Waals surface area (Å²) in [7, 11) is 0. The highest BCUT2D eigenvalue weighted by Gasteiger charge is 1.98. The van der Waals surface area contributed by atoms with Gasteiger partial charge in [0.05, 0.1) is 0 Å². The molecule has 1 aromatic carbocycles. The van der Waals surface area contributed by atoms with E-state index < -0.39 is 0 Å². The molecule has 74 valence electrons. The average Bonchev–Trinajstić information content (AvgIpc) is 2.26. The molecule has 1 N–H and O–H groups in total. The van der Waals surface area contributed by atoms with Gasteiger partial charge in [-0.25, -0.2) is 0 Å². The predicted molar refractivity (Wildman–Crippen MR) is 59.9 cm³/mol. The van der Waals surface area contributed by atoms with Crippen molar-refractivity contribution in [2.24, 2.45) is 0 Å². The van der Waals surface area contributed by atoms with Gasteiger partial charge >= 0.3 is 0 Å². The second kappa shape index (κ2) is 6.20. The summed E-state index contributed by atoms with van der Waals surface area (Å²) in [6.07, 6.45) is 2.77. The van der Waals surface area contributed by atoms with Crippen LogP contribution in [0, 0.1) is 0 Å². The first-order valence-corrected chi connectivity index (χ1v) is 4.93. The zero-order chi connectivity index (χ0) is 10.2. The van der Waals surface area contributed by atoms with Crippen molar-refractivity contribution in [3.63, 3.8) is 0 Å². The molecule has 0 saturated carbocycles. The zero-order valence-corrected chi connectivity index (χ0v) is 8.37. The third-order valence-electron chi connectivity index (χ3n) is 2.17. The summed E-state index contributed by atoms with van der Waals surface area (Å²) in [4.78, 5) is 0. The van der Waals surface area contributed by atoms with Crippen LogP contribution in [0.5, 0.6) is 0 Å². The first kappa shape index (κ1) is 10.8. The molecule has 0 aliphatic rings. The van der Waals surface area contributed by atoms with Crippen LogP contribution in [-0.2, 0) is 0 Å². The van der Waals surface area contributed by atoms with Crippen molar-refractivity contribution in [2.45, 2.75) is 19.3 Å². The number of benzene rings is 1. The molecular formula is C13H16O. The molecule has 0 saturated heterocycles. The van der Waals surface area contributed by atoms with E-state index >= 15 is 0 Å². The molecule has 1 heteroatoms. The Morgan fingerprint density at radius 1 is 1.21 bits per heavy atom. The van der Waals surface area contributed by atoms with Gasteiger partial charge in [0.1, 0.15) is 0 Å². The summed E-state index contributed by atoms with van der Waals surface area (Å²) in [6, 6.07) is 10.1. The molecule has 0 aromatic heterocycles. The van der Waals surface area contributed by atoms with Crippen LogP contribution in [0.2, 0.25) is 0 Å². The van der Waals surface area contributed by atoms with E-state index in [9.17, 15) is 0 Å². The Bertz CT molecular complexity index is 307. The van der Waals surface area contributed by atoms with Gasteiger partial charge in [0.2, 0.25) is 0 Å². The maximum atomic E-state index is 8.68. The van der Waals surface area contributed by atoms with Crippen molar-refractivity contribution in [1.82, 2.24) is 0 Å². The minimum absolute atomic E-state index is 0.263. The second-order valence-corrected chi connectivity index (χ2v) is 3.20. The molecule has 1 nitrogen and oxygen atoms in total. The third-order valence-corrected chi connectivity index (χ3v) is 2.17. The van der Waals surface area contributed by atoms with E-state index in [4.69, 9.17) is 5.11 Å². The fraction of sp³-hybridized carbons (Fsp3) is 0.308. The Morgan fingerprint density at radius 3 is 2.50 bits per heavy atom. The van der Waals surface area contributed by atoms with E-state index in [-0.39, 0.29) is 6.61 Å². The summed E-state index contributed by atoms with van der Waals surface area (Å²) < 4.78 is 0. The predicted octanol–water partition coefficient (Wildman–Crippen LogP) is 3.02. The highest BCUT2D eigenvalue weighted by atomic mass is 16.2. The molecule has 0 aliphatic heterocycles. The average molecular weight is 188 g/mol. The van der Waals surface area contributed by atoms with E-state index in [1.807, 2.05) is 18.2 Å². The largest absolute Gasteiger partial charge is 0.396 e. The Kier molecular flexibility index (Phi) is 4.77. The zero-order valence-electron chi connectivity index (χ0n) is 8.37. The summed E-state index contributed by atoms with van der Waals surface area (Å²) in [5, 5.41) is 8.68. The van der Waals surface area contributed by atoms with Gasteiger partial charge in [-0.2, -0.15) is 0 Å². The molecule has 0 fully saturated rings. The van der Waals surface area contributed by atoms with Gasteiger partial charge in [0, 0.05) is 12.2 Å². The standard InChI is InChI=1S/C13H16O/c1-2-12(8-6-7-11-14)13-9-4-3-5-10-13/h3-5,9-10,14H,1,6-8,11H2. The van der Waals surface area contributed by atoms with Crippen molar-refractivity contribution in [2.75, 3.05) is 6.61 Å². The first-order valence-electron chi connectivity index (χ1n) is 4.93. The molecular weight excluding hydrogens is 172 g/mol. The van der Waals surface area contributed by atoms with Crippen LogP contribution in [0.15, 0.2) is 42.6 Å². The summed E-state index contributed by atoms with van der Waals surface area (Å²) in [5.41, 5.74) is 5.28. The smallest absolute Gasteiger partial charge is 0.0431 e. The topological polar surface area (TPSA) is 20.2 Å². The first-order chi connectivity index (χ1) is 6.88. The molecule has 0 aliphatic carbocycles. The number of hydrogen-bond acceptors (Lipinski definition) is 1. The van der Waals surface area contributed by atoms with E-state index in [1.165, 1.54) is 5.56 Å². The molecule has 0 spiro atoms. The van der Waals surface area contributed by atoms with Crippen LogP contribution in [-0.4, -0.2) is 11.7 Å². The number of aliphatic hydroxyl groups excluding tert-OH is 1. The van der Waals surface area contributed by atoms with Crippen LogP contribution >= 0.6 is 0 Å². The molecule has 0 heterocycles. The maximum Gasteiger partial charge on any atom is 0.0431 e. The third kappa shape index (κ3) is 3.21. The molecule has 14 heavy (non-hydrogen) atoms. The second-order valence-electron chi connectivity index (χ2n) is 3.20. The minimum Gasteiger partial charge on any atom is -0.396 e. The molecule has 0 radical (unpaired) electrons. The molecule has 0 atom stereocenters.